The van der Waals surface area contributed by atoms with Crippen LogP contribution in [0.2, 0.25) is 5.02 Å². The molecule has 0 spiro atoms. The number of nitrogens with one attached hydrogen (secondary N) is 1. The Labute approximate surface area is 135 Å². The van der Waals surface area contributed by atoms with E-state index in [0.29, 0.717) is 12.4 Å². The van der Waals surface area contributed by atoms with Crippen molar-refractivity contribution in [1.82, 2.24) is 10.2 Å². The second-order valence-electron chi connectivity index (χ2n) is 4.41. The van der Waals surface area contributed by atoms with E-state index in [2.05, 4.69) is 31.4 Å². The molecule has 0 saturated heterocycles. The van der Waals surface area contributed by atoms with Gasteiger partial charge in [-0.15, -0.1) is 10.2 Å². The molecule has 0 aliphatic carbocycles. The van der Waals surface area contributed by atoms with Crippen LogP contribution in [0.3, 0.4) is 0 Å². The van der Waals surface area contributed by atoms with Crippen molar-refractivity contribution in [2.45, 2.75) is 6.54 Å². The molecule has 0 aliphatic rings. The van der Waals surface area contributed by atoms with Gasteiger partial charge in [0.1, 0.15) is 0 Å². The van der Waals surface area contributed by atoms with Crippen LogP contribution in [0.25, 0.3) is 11.5 Å². The van der Waals surface area contributed by atoms with Crippen molar-refractivity contribution in [3.05, 3.63) is 63.9 Å². The number of anilines is 1. The van der Waals surface area contributed by atoms with Crippen molar-refractivity contribution in [1.29, 1.82) is 0 Å². The number of hydrogen-bond acceptors (Lipinski definition) is 4. The number of aromatic nitrogens is 2. The van der Waals surface area contributed by atoms with Gasteiger partial charge in [0.2, 0.25) is 12.3 Å². The molecule has 0 atom stereocenters. The van der Waals surface area contributed by atoms with E-state index in [4.69, 9.17) is 16.0 Å². The third-order valence-corrected chi connectivity index (χ3v) is 3.99. The summed E-state index contributed by atoms with van der Waals surface area (Å²) in [6.45, 7) is 0.682. The summed E-state index contributed by atoms with van der Waals surface area (Å²) in [6.07, 6.45) is 1.32. The van der Waals surface area contributed by atoms with Crippen molar-refractivity contribution in [2.75, 3.05) is 5.32 Å². The lowest BCUT2D eigenvalue weighted by molar-refractivity contribution is 0.568. The van der Waals surface area contributed by atoms with Gasteiger partial charge in [-0.05, 0) is 48.0 Å². The quantitative estimate of drug-likeness (QED) is 0.725. The first kappa shape index (κ1) is 14.1. The van der Waals surface area contributed by atoms with Gasteiger partial charge in [0.25, 0.3) is 0 Å². The lowest BCUT2D eigenvalue weighted by Gasteiger charge is -2.09. The van der Waals surface area contributed by atoms with Crippen molar-refractivity contribution in [2.24, 2.45) is 0 Å². The zero-order valence-electron chi connectivity index (χ0n) is 10.9. The molecule has 1 aromatic heterocycles. The molecule has 0 aliphatic heterocycles. The Morgan fingerprint density at radius 3 is 2.67 bits per heavy atom. The van der Waals surface area contributed by atoms with Gasteiger partial charge in [-0.1, -0.05) is 27.5 Å². The van der Waals surface area contributed by atoms with E-state index < -0.39 is 0 Å². The van der Waals surface area contributed by atoms with Crippen LogP contribution in [0, 0.1) is 0 Å². The van der Waals surface area contributed by atoms with Crippen LogP contribution in [0.4, 0.5) is 5.69 Å². The molecule has 1 N–H and O–H groups in total. The van der Waals surface area contributed by atoms with Gasteiger partial charge in [0, 0.05) is 27.3 Å². The number of benzene rings is 2. The summed E-state index contributed by atoms with van der Waals surface area (Å²) >= 11 is 9.52. The summed E-state index contributed by atoms with van der Waals surface area (Å²) in [4.78, 5) is 0. The van der Waals surface area contributed by atoms with Crippen LogP contribution >= 0.6 is 27.5 Å². The van der Waals surface area contributed by atoms with Crippen LogP contribution in [0.15, 0.2) is 57.7 Å². The Balaban J connectivity index is 1.70. The van der Waals surface area contributed by atoms with E-state index in [0.717, 1.165) is 26.3 Å². The molecule has 6 heteroatoms. The van der Waals surface area contributed by atoms with Gasteiger partial charge in [-0.25, -0.2) is 0 Å². The molecule has 106 valence electrons. The molecule has 0 bridgehead atoms. The molecule has 0 amide bonds. The predicted octanol–water partition coefficient (Wildman–Crippen LogP) is 4.76. The smallest absolute Gasteiger partial charge is 0.247 e. The van der Waals surface area contributed by atoms with Crippen molar-refractivity contribution in [3.8, 4) is 11.5 Å². The second-order valence-corrected chi connectivity index (χ2v) is 5.70. The maximum atomic E-state index is 6.00. The van der Waals surface area contributed by atoms with E-state index in [1.54, 1.807) is 0 Å². The third kappa shape index (κ3) is 3.43. The minimum atomic E-state index is 0.513. The number of rotatable bonds is 4. The monoisotopic (exact) mass is 363 g/mol. The normalized spacial score (nSPS) is 10.6. The summed E-state index contributed by atoms with van der Waals surface area (Å²) in [5.74, 6) is 0.513. The largest absolute Gasteiger partial charge is 0.423 e. The minimum absolute atomic E-state index is 0.513. The van der Waals surface area contributed by atoms with Gasteiger partial charge in [-0.3, -0.25) is 0 Å². The Kier molecular flexibility index (Phi) is 4.22. The highest BCUT2D eigenvalue weighted by molar-refractivity contribution is 9.10. The molecule has 0 fully saturated rings. The third-order valence-electron chi connectivity index (χ3n) is 2.98. The Morgan fingerprint density at radius 2 is 1.95 bits per heavy atom. The van der Waals surface area contributed by atoms with Crippen LogP contribution in [-0.4, -0.2) is 10.2 Å². The molecule has 0 radical (unpaired) electrons. The van der Waals surface area contributed by atoms with E-state index >= 15 is 0 Å². The SMILES string of the molecule is Clc1ccc(Br)c(CNc2ccc(-c3nnco3)cc2)c1. The summed E-state index contributed by atoms with van der Waals surface area (Å²) < 4.78 is 6.18. The minimum Gasteiger partial charge on any atom is -0.423 e. The summed E-state index contributed by atoms with van der Waals surface area (Å²) in [5, 5.41) is 11.6. The molecular formula is C15H11BrClN3O. The van der Waals surface area contributed by atoms with E-state index in [1.807, 2.05) is 42.5 Å². The van der Waals surface area contributed by atoms with Gasteiger partial charge >= 0.3 is 0 Å². The molecule has 1 heterocycles. The highest BCUT2D eigenvalue weighted by Gasteiger charge is 2.04. The average molecular weight is 365 g/mol. The van der Waals surface area contributed by atoms with Gasteiger partial charge in [0.05, 0.1) is 0 Å². The van der Waals surface area contributed by atoms with Crippen LogP contribution < -0.4 is 5.32 Å². The topological polar surface area (TPSA) is 51.0 Å². The van der Waals surface area contributed by atoms with E-state index in [-0.39, 0.29) is 0 Å². The van der Waals surface area contributed by atoms with Gasteiger partial charge in [-0.2, -0.15) is 0 Å². The standard InChI is InChI=1S/C15H11BrClN3O/c16-14-6-3-12(17)7-11(14)8-18-13-4-1-10(2-5-13)15-20-19-9-21-15/h1-7,9,18H,8H2. The number of hydrogen-bond donors (Lipinski definition) is 1. The number of halogens is 2. The maximum absolute atomic E-state index is 6.00. The zero-order chi connectivity index (χ0) is 14.7. The Morgan fingerprint density at radius 1 is 1.14 bits per heavy atom. The van der Waals surface area contributed by atoms with Crippen LogP contribution in [0.1, 0.15) is 5.56 Å². The van der Waals surface area contributed by atoms with Crippen molar-refractivity contribution in [3.63, 3.8) is 0 Å². The van der Waals surface area contributed by atoms with Crippen molar-refractivity contribution >= 4 is 33.2 Å². The fraction of sp³-hybridized carbons (Fsp3) is 0.0667. The molecule has 3 rings (SSSR count). The first-order valence-corrected chi connectivity index (χ1v) is 7.44. The van der Waals surface area contributed by atoms with Crippen molar-refractivity contribution < 1.29 is 4.42 Å². The molecule has 2 aromatic carbocycles. The predicted molar refractivity (Wildman–Crippen MR) is 86.2 cm³/mol. The second kappa shape index (κ2) is 6.28. The maximum Gasteiger partial charge on any atom is 0.247 e. The first-order valence-electron chi connectivity index (χ1n) is 6.27. The molecule has 3 aromatic rings. The summed E-state index contributed by atoms with van der Waals surface area (Å²) in [7, 11) is 0. The summed E-state index contributed by atoms with van der Waals surface area (Å²) in [5.41, 5.74) is 3.00. The van der Waals surface area contributed by atoms with Gasteiger partial charge < -0.3 is 9.73 Å². The average Bonchev–Trinajstić information content (AvgIpc) is 3.03. The summed E-state index contributed by atoms with van der Waals surface area (Å²) in [6, 6.07) is 13.5. The fourth-order valence-electron chi connectivity index (χ4n) is 1.91. The first-order chi connectivity index (χ1) is 10.2. The number of nitrogens with zero attached hydrogens (tertiary/aromatic N) is 2. The van der Waals surface area contributed by atoms with E-state index in [1.165, 1.54) is 6.39 Å². The highest BCUT2D eigenvalue weighted by atomic mass is 79.9. The van der Waals surface area contributed by atoms with Gasteiger partial charge in [0.15, 0.2) is 0 Å². The molecule has 0 saturated carbocycles. The zero-order valence-corrected chi connectivity index (χ0v) is 13.2. The Bertz CT molecular complexity index is 729. The Hall–Kier alpha value is -1.85. The molecule has 21 heavy (non-hydrogen) atoms. The molecule has 0 unspecified atom stereocenters. The van der Waals surface area contributed by atoms with E-state index in [9.17, 15) is 0 Å². The molecular weight excluding hydrogens is 354 g/mol. The lowest BCUT2D eigenvalue weighted by Crippen LogP contribution is -2.00. The highest BCUT2D eigenvalue weighted by Crippen LogP contribution is 2.23. The van der Waals surface area contributed by atoms with Crippen LogP contribution in [-0.2, 0) is 6.54 Å². The lowest BCUT2D eigenvalue weighted by atomic mass is 10.2. The molecule has 4 nitrogen and oxygen atoms in total. The fourth-order valence-corrected chi connectivity index (χ4v) is 2.49. The van der Waals surface area contributed by atoms with Crippen LogP contribution in [0.5, 0.6) is 0 Å².